The normalized spacial score (nSPS) is 10.4. The van der Waals surface area contributed by atoms with Crippen LogP contribution in [0.25, 0.3) is 10.4 Å². The van der Waals surface area contributed by atoms with Crippen LogP contribution in [0.5, 0.6) is 0 Å². The summed E-state index contributed by atoms with van der Waals surface area (Å²) in [4.78, 5) is 14.4. The van der Waals surface area contributed by atoms with E-state index in [1.165, 1.54) is 10.4 Å². The van der Waals surface area contributed by atoms with Crippen molar-refractivity contribution in [3.05, 3.63) is 82.7 Å². The molecule has 0 saturated carbocycles. The van der Waals surface area contributed by atoms with Crippen molar-refractivity contribution in [1.82, 2.24) is 0 Å². The zero-order valence-electron chi connectivity index (χ0n) is 11.2. The number of thiophene rings is 1. The first-order chi connectivity index (χ1) is 9.75. The van der Waals surface area contributed by atoms with Crippen molar-refractivity contribution < 1.29 is 4.79 Å². The fourth-order valence-corrected chi connectivity index (χ4v) is 3.34. The highest BCUT2D eigenvalue weighted by Crippen LogP contribution is 2.33. The summed E-state index contributed by atoms with van der Waals surface area (Å²) in [5.41, 5.74) is 3.07. The highest BCUT2D eigenvalue weighted by atomic mass is 32.1. The summed E-state index contributed by atoms with van der Waals surface area (Å²) >= 11 is 1.57. The number of ketones is 1. The second kappa shape index (κ2) is 5.43. The van der Waals surface area contributed by atoms with Crippen LogP contribution in [0.3, 0.4) is 0 Å². The summed E-state index contributed by atoms with van der Waals surface area (Å²) in [6.07, 6.45) is 0. The molecule has 20 heavy (non-hydrogen) atoms. The summed E-state index contributed by atoms with van der Waals surface area (Å²) in [6.45, 7) is 2.06. The van der Waals surface area contributed by atoms with Gasteiger partial charge in [-0.2, -0.15) is 0 Å². The van der Waals surface area contributed by atoms with Crippen molar-refractivity contribution in [2.75, 3.05) is 0 Å². The third-order valence-electron chi connectivity index (χ3n) is 3.21. The number of hydrogen-bond donors (Lipinski definition) is 0. The molecular weight excluding hydrogens is 264 g/mol. The summed E-state index contributed by atoms with van der Waals surface area (Å²) in [6, 6.07) is 21.6. The third kappa shape index (κ3) is 2.43. The van der Waals surface area contributed by atoms with Crippen LogP contribution < -0.4 is 0 Å². The second-order valence-corrected chi connectivity index (χ2v) is 5.74. The van der Waals surface area contributed by atoms with Crippen LogP contribution >= 0.6 is 11.3 Å². The number of carbonyl (C=O) groups excluding carboxylic acids is 1. The number of benzene rings is 2. The van der Waals surface area contributed by atoms with E-state index in [2.05, 4.69) is 19.1 Å². The van der Waals surface area contributed by atoms with E-state index >= 15 is 0 Å². The van der Waals surface area contributed by atoms with Gasteiger partial charge in [-0.3, -0.25) is 4.79 Å². The molecule has 1 heterocycles. The smallest absolute Gasteiger partial charge is 0.202 e. The lowest BCUT2D eigenvalue weighted by Crippen LogP contribution is -1.97. The van der Waals surface area contributed by atoms with Crippen LogP contribution in [0.1, 0.15) is 20.8 Å². The molecular formula is C18H14OS. The van der Waals surface area contributed by atoms with Gasteiger partial charge in [0.1, 0.15) is 0 Å². The lowest BCUT2D eigenvalue weighted by molar-refractivity contribution is 0.104. The molecule has 0 atom stereocenters. The molecule has 2 heteroatoms. The molecule has 0 bridgehead atoms. The Hall–Kier alpha value is -2.19. The molecule has 0 unspecified atom stereocenters. The number of carbonyl (C=O) groups is 1. The zero-order chi connectivity index (χ0) is 13.9. The van der Waals surface area contributed by atoms with Crippen LogP contribution in [0, 0.1) is 6.92 Å². The summed E-state index contributed by atoms with van der Waals surface area (Å²) in [5, 5.41) is 0. The van der Waals surface area contributed by atoms with Gasteiger partial charge in [0.2, 0.25) is 5.78 Å². The Labute approximate surface area is 122 Å². The predicted octanol–water partition coefficient (Wildman–Crippen LogP) is 4.95. The van der Waals surface area contributed by atoms with E-state index in [1.807, 2.05) is 54.6 Å². The standard InChI is InChI=1S/C18H14OS/c1-13-12-16(17(19)14-8-4-2-5-9-14)20-18(13)15-10-6-3-7-11-15/h2-12H,1H3. The molecule has 3 aromatic rings. The molecule has 0 aliphatic carbocycles. The molecule has 98 valence electrons. The molecule has 2 aromatic carbocycles. The quantitative estimate of drug-likeness (QED) is 0.619. The van der Waals surface area contributed by atoms with Gasteiger partial charge in [-0.15, -0.1) is 11.3 Å². The maximum atomic E-state index is 12.5. The average molecular weight is 278 g/mol. The Morgan fingerprint density at radius 3 is 2.15 bits per heavy atom. The van der Waals surface area contributed by atoms with E-state index in [4.69, 9.17) is 0 Å². The van der Waals surface area contributed by atoms with Gasteiger partial charge in [0.15, 0.2) is 0 Å². The van der Waals surface area contributed by atoms with Crippen molar-refractivity contribution in [3.8, 4) is 10.4 Å². The van der Waals surface area contributed by atoms with E-state index in [1.54, 1.807) is 11.3 Å². The monoisotopic (exact) mass is 278 g/mol. The highest BCUT2D eigenvalue weighted by molar-refractivity contribution is 7.17. The number of aryl methyl sites for hydroxylation is 1. The Balaban J connectivity index is 2.00. The predicted molar refractivity (Wildman–Crippen MR) is 84.4 cm³/mol. The topological polar surface area (TPSA) is 17.1 Å². The molecule has 1 nitrogen and oxygen atoms in total. The molecule has 0 N–H and O–H groups in total. The maximum Gasteiger partial charge on any atom is 0.202 e. The summed E-state index contributed by atoms with van der Waals surface area (Å²) in [7, 11) is 0. The van der Waals surface area contributed by atoms with E-state index in [9.17, 15) is 4.79 Å². The van der Waals surface area contributed by atoms with E-state index in [0.29, 0.717) is 0 Å². The van der Waals surface area contributed by atoms with E-state index in [0.717, 1.165) is 16.0 Å². The fourth-order valence-electron chi connectivity index (χ4n) is 2.20. The third-order valence-corrected chi connectivity index (χ3v) is 4.50. The van der Waals surface area contributed by atoms with Gasteiger partial charge < -0.3 is 0 Å². The van der Waals surface area contributed by atoms with Crippen molar-refractivity contribution in [2.45, 2.75) is 6.92 Å². The van der Waals surface area contributed by atoms with Gasteiger partial charge in [-0.05, 0) is 24.1 Å². The van der Waals surface area contributed by atoms with E-state index < -0.39 is 0 Å². The second-order valence-electron chi connectivity index (χ2n) is 4.68. The van der Waals surface area contributed by atoms with Crippen LogP contribution in [-0.4, -0.2) is 5.78 Å². The lowest BCUT2D eigenvalue weighted by atomic mass is 10.1. The first kappa shape index (κ1) is 12.8. The molecule has 0 fully saturated rings. The zero-order valence-corrected chi connectivity index (χ0v) is 12.0. The summed E-state index contributed by atoms with van der Waals surface area (Å²) in [5.74, 6) is 0.0980. The van der Waals surface area contributed by atoms with E-state index in [-0.39, 0.29) is 5.78 Å². The van der Waals surface area contributed by atoms with Crippen LogP contribution in [0.2, 0.25) is 0 Å². The molecule has 0 radical (unpaired) electrons. The van der Waals surface area contributed by atoms with Crippen molar-refractivity contribution >= 4 is 17.1 Å². The highest BCUT2D eigenvalue weighted by Gasteiger charge is 2.14. The maximum absolute atomic E-state index is 12.5. The van der Waals surface area contributed by atoms with Gasteiger partial charge in [0, 0.05) is 10.4 Å². The van der Waals surface area contributed by atoms with Crippen LogP contribution in [-0.2, 0) is 0 Å². The average Bonchev–Trinajstić information content (AvgIpc) is 2.90. The first-order valence-electron chi connectivity index (χ1n) is 6.51. The number of rotatable bonds is 3. The Morgan fingerprint density at radius 2 is 1.50 bits per heavy atom. The molecule has 0 amide bonds. The summed E-state index contributed by atoms with van der Waals surface area (Å²) < 4.78 is 0. The van der Waals surface area contributed by atoms with Crippen LogP contribution in [0.15, 0.2) is 66.7 Å². The van der Waals surface area contributed by atoms with Crippen molar-refractivity contribution in [1.29, 1.82) is 0 Å². The minimum absolute atomic E-state index is 0.0980. The number of hydrogen-bond acceptors (Lipinski definition) is 2. The molecule has 0 aliphatic heterocycles. The van der Waals surface area contributed by atoms with Crippen molar-refractivity contribution in [2.24, 2.45) is 0 Å². The largest absolute Gasteiger partial charge is 0.288 e. The Morgan fingerprint density at radius 1 is 0.900 bits per heavy atom. The van der Waals surface area contributed by atoms with Gasteiger partial charge >= 0.3 is 0 Å². The fraction of sp³-hybridized carbons (Fsp3) is 0.0556. The SMILES string of the molecule is Cc1cc(C(=O)c2ccccc2)sc1-c1ccccc1. The Kier molecular flexibility index (Phi) is 3.48. The van der Waals surface area contributed by atoms with Gasteiger partial charge in [0.25, 0.3) is 0 Å². The lowest BCUT2D eigenvalue weighted by Gasteiger charge is -1.98. The Bertz CT molecular complexity index is 727. The van der Waals surface area contributed by atoms with Crippen molar-refractivity contribution in [3.63, 3.8) is 0 Å². The molecule has 0 spiro atoms. The molecule has 0 aliphatic rings. The molecule has 1 aromatic heterocycles. The molecule has 0 saturated heterocycles. The van der Waals surface area contributed by atoms with Crippen LogP contribution in [0.4, 0.5) is 0 Å². The molecule has 3 rings (SSSR count). The minimum Gasteiger partial charge on any atom is -0.288 e. The minimum atomic E-state index is 0.0980. The first-order valence-corrected chi connectivity index (χ1v) is 7.33. The van der Waals surface area contributed by atoms with Gasteiger partial charge in [-0.1, -0.05) is 60.7 Å². The van der Waals surface area contributed by atoms with Gasteiger partial charge in [-0.25, -0.2) is 0 Å². The van der Waals surface area contributed by atoms with Gasteiger partial charge in [0.05, 0.1) is 4.88 Å².